The average Bonchev–Trinajstić information content (AvgIpc) is 2.90. The molecule has 2 heterocycles. The normalized spacial score (nSPS) is 18.0. The molecule has 0 saturated carbocycles. The van der Waals surface area contributed by atoms with Crippen LogP contribution in [-0.4, -0.2) is 39.6 Å². The molecule has 1 aromatic heterocycles. The van der Waals surface area contributed by atoms with E-state index in [0.29, 0.717) is 17.5 Å². The lowest BCUT2D eigenvalue weighted by atomic mass is 10.2. The highest BCUT2D eigenvalue weighted by atomic mass is 32.2. The first-order chi connectivity index (χ1) is 9.15. The second kappa shape index (κ2) is 6.42. The Labute approximate surface area is 115 Å². The molecule has 1 aromatic rings. The van der Waals surface area contributed by atoms with E-state index >= 15 is 0 Å². The molecule has 3 N–H and O–H groups in total. The van der Waals surface area contributed by atoms with Crippen molar-refractivity contribution in [1.29, 1.82) is 0 Å². The molecule has 19 heavy (non-hydrogen) atoms. The lowest BCUT2D eigenvalue weighted by Gasteiger charge is -2.11. The molecular weight excluding hydrogens is 266 g/mol. The van der Waals surface area contributed by atoms with Crippen molar-refractivity contribution in [2.24, 2.45) is 0 Å². The number of aromatic nitrogens is 1. The maximum Gasteiger partial charge on any atom is 0.337 e. The molecule has 0 spiro atoms. The third-order valence-corrected chi connectivity index (χ3v) is 4.16. The molecular formula is C12H15N3O3S. The van der Waals surface area contributed by atoms with Gasteiger partial charge < -0.3 is 15.7 Å². The van der Waals surface area contributed by atoms with Gasteiger partial charge in [0, 0.05) is 18.0 Å². The highest BCUT2D eigenvalue weighted by molar-refractivity contribution is 8.00. The van der Waals surface area contributed by atoms with Crippen molar-refractivity contribution in [3.05, 3.63) is 24.0 Å². The number of carboxylic acids is 1. The van der Waals surface area contributed by atoms with Crippen molar-refractivity contribution in [3.8, 4) is 0 Å². The van der Waals surface area contributed by atoms with Gasteiger partial charge in [-0.1, -0.05) is 0 Å². The van der Waals surface area contributed by atoms with Gasteiger partial charge in [0.1, 0.15) is 0 Å². The lowest BCUT2D eigenvalue weighted by molar-refractivity contribution is 0.0696. The number of pyridine rings is 1. The number of nitrogens with zero attached hydrogens (tertiary/aromatic N) is 1. The minimum absolute atomic E-state index is 0.0455. The van der Waals surface area contributed by atoms with Crippen LogP contribution in [0.4, 0.5) is 10.5 Å². The van der Waals surface area contributed by atoms with Gasteiger partial charge in [0.25, 0.3) is 0 Å². The highest BCUT2D eigenvalue weighted by Gasteiger charge is 2.16. The van der Waals surface area contributed by atoms with Crippen LogP contribution < -0.4 is 10.6 Å². The van der Waals surface area contributed by atoms with Crippen molar-refractivity contribution in [3.63, 3.8) is 0 Å². The van der Waals surface area contributed by atoms with Crippen LogP contribution in [0.25, 0.3) is 0 Å². The van der Waals surface area contributed by atoms with Crippen LogP contribution >= 0.6 is 11.8 Å². The van der Waals surface area contributed by atoms with E-state index in [4.69, 9.17) is 5.11 Å². The highest BCUT2D eigenvalue weighted by Crippen LogP contribution is 2.25. The van der Waals surface area contributed by atoms with Gasteiger partial charge in [-0.05, 0) is 24.7 Å². The van der Waals surface area contributed by atoms with Crippen molar-refractivity contribution in [2.45, 2.75) is 18.1 Å². The fourth-order valence-corrected chi connectivity index (χ4v) is 3.01. The van der Waals surface area contributed by atoms with Gasteiger partial charge in [0.2, 0.25) is 0 Å². The SMILES string of the molecule is O=C(NCC1CCCS1)Nc1cncc(C(=O)O)c1. The van der Waals surface area contributed by atoms with Crippen molar-refractivity contribution >= 4 is 29.4 Å². The van der Waals surface area contributed by atoms with E-state index in [2.05, 4.69) is 15.6 Å². The number of aromatic carboxylic acids is 1. The summed E-state index contributed by atoms with van der Waals surface area (Å²) in [6.07, 6.45) is 4.97. The Bertz CT molecular complexity index is 475. The Balaban J connectivity index is 1.84. The Kier molecular flexibility index (Phi) is 4.62. The quantitative estimate of drug-likeness (QED) is 0.782. The van der Waals surface area contributed by atoms with Gasteiger partial charge in [-0.3, -0.25) is 4.98 Å². The van der Waals surface area contributed by atoms with Crippen LogP contribution in [0.5, 0.6) is 0 Å². The number of carbonyl (C=O) groups excluding carboxylic acids is 1. The summed E-state index contributed by atoms with van der Waals surface area (Å²) in [6, 6.07) is 1.04. The minimum atomic E-state index is -1.07. The number of anilines is 1. The molecule has 1 fully saturated rings. The molecule has 0 aromatic carbocycles. The van der Waals surface area contributed by atoms with Gasteiger partial charge >= 0.3 is 12.0 Å². The predicted octanol–water partition coefficient (Wildman–Crippen LogP) is 1.80. The molecule has 2 amide bonds. The summed E-state index contributed by atoms with van der Waals surface area (Å²) in [5, 5.41) is 14.7. The molecule has 0 aliphatic carbocycles. The van der Waals surface area contributed by atoms with E-state index in [1.54, 1.807) is 0 Å². The molecule has 1 aliphatic rings. The van der Waals surface area contributed by atoms with Crippen LogP contribution in [0.1, 0.15) is 23.2 Å². The van der Waals surface area contributed by atoms with E-state index in [9.17, 15) is 9.59 Å². The van der Waals surface area contributed by atoms with Crippen LogP contribution in [0.3, 0.4) is 0 Å². The van der Waals surface area contributed by atoms with E-state index in [1.165, 1.54) is 24.9 Å². The van der Waals surface area contributed by atoms with Crippen molar-refractivity contribution < 1.29 is 14.7 Å². The van der Waals surface area contributed by atoms with Gasteiger partial charge in [-0.15, -0.1) is 0 Å². The Morgan fingerprint density at radius 1 is 1.47 bits per heavy atom. The Hall–Kier alpha value is -1.76. The van der Waals surface area contributed by atoms with Crippen LogP contribution in [0.15, 0.2) is 18.5 Å². The number of carboxylic acid groups (broad SMARTS) is 1. The monoisotopic (exact) mass is 281 g/mol. The molecule has 0 bridgehead atoms. The van der Waals surface area contributed by atoms with Gasteiger partial charge in [-0.2, -0.15) is 11.8 Å². The first-order valence-corrected chi connectivity index (χ1v) is 7.05. The second-order valence-corrected chi connectivity index (χ2v) is 5.65. The molecule has 1 unspecified atom stereocenters. The number of hydrogen-bond acceptors (Lipinski definition) is 4. The van der Waals surface area contributed by atoms with Crippen molar-refractivity contribution in [1.82, 2.24) is 10.3 Å². The van der Waals surface area contributed by atoms with Gasteiger partial charge in [0.05, 0.1) is 17.4 Å². The fraction of sp³-hybridized carbons (Fsp3) is 0.417. The first kappa shape index (κ1) is 13.7. The third kappa shape index (κ3) is 4.13. The lowest BCUT2D eigenvalue weighted by Crippen LogP contribution is -2.33. The molecule has 6 nitrogen and oxygen atoms in total. The van der Waals surface area contributed by atoms with Gasteiger partial charge in [0.15, 0.2) is 0 Å². The number of amides is 2. The molecule has 1 aliphatic heterocycles. The summed E-state index contributed by atoms with van der Waals surface area (Å²) in [7, 11) is 0. The zero-order chi connectivity index (χ0) is 13.7. The zero-order valence-corrected chi connectivity index (χ0v) is 11.1. The zero-order valence-electron chi connectivity index (χ0n) is 10.3. The number of carbonyl (C=O) groups is 2. The van der Waals surface area contributed by atoms with E-state index in [1.807, 2.05) is 11.8 Å². The maximum absolute atomic E-state index is 11.6. The summed E-state index contributed by atoms with van der Waals surface area (Å²) >= 11 is 1.86. The number of thioether (sulfide) groups is 1. The van der Waals surface area contributed by atoms with Crippen LogP contribution in [0.2, 0.25) is 0 Å². The van der Waals surface area contributed by atoms with Gasteiger partial charge in [-0.25, -0.2) is 9.59 Å². The molecule has 7 heteroatoms. The number of urea groups is 1. The van der Waals surface area contributed by atoms with E-state index in [0.717, 1.165) is 12.2 Å². The third-order valence-electron chi connectivity index (χ3n) is 2.76. The largest absolute Gasteiger partial charge is 0.478 e. The Morgan fingerprint density at radius 2 is 2.32 bits per heavy atom. The van der Waals surface area contributed by atoms with Crippen LogP contribution in [-0.2, 0) is 0 Å². The molecule has 1 saturated heterocycles. The van der Waals surface area contributed by atoms with Crippen molar-refractivity contribution in [2.75, 3.05) is 17.6 Å². The molecule has 0 radical (unpaired) electrons. The fourth-order valence-electron chi connectivity index (χ4n) is 1.81. The standard InChI is InChI=1S/C12H15N3O3S/c16-11(17)8-4-9(6-13-5-8)15-12(18)14-7-10-2-1-3-19-10/h4-6,10H,1-3,7H2,(H,16,17)(H2,14,15,18). The number of rotatable bonds is 4. The summed E-state index contributed by atoms with van der Waals surface area (Å²) in [6.45, 7) is 0.628. The summed E-state index contributed by atoms with van der Waals surface area (Å²) < 4.78 is 0. The number of nitrogens with one attached hydrogen (secondary N) is 2. The summed E-state index contributed by atoms with van der Waals surface area (Å²) in [5.74, 6) is 0.0809. The predicted molar refractivity (Wildman–Crippen MR) is 73.7 cm³/mol. The summed E-state index contributed by atoms with van der Waals surface area (Å²) in [4.78, 5) is 26.2. The first-order valence-electron chi connectivity index (χ1n) is 6.00. The maximum atomic E-state index is 11.6. The second-order valence-electron chi connectivity index (χ2n) is 4.24. The smallest absolute Gasteiger partial charge is 0.337 e. The van der Waals surface area contributed by atoms with E-state index < -0.39 is 5.97 Å². The number of hydrogen-bond donors (Lipinski definition) is 3. The van der Waals surface area contributed by atoms with E-state index in [-0.39, 0.29) is 11.6 Å². The molecule has 102 valence electrons. The molecule has 2 rings (SSSR count). The molecule has 1 atom stereocenters. The average molecular weight is 281 g/mol. The minimum Gasteiger partial charge on any atom is -0.478 e. The topological polar surface area (TPSA) is 91.3 Å². The Morgan fingerprint density at radius 3 is 3.00 bits per heavy atom. The summed E-state index contributed by atoms with van der Waals surface area (Å²) in [5.41, 5.74) is 0.417. The van der Waals surface area contributed by atoms with Crippen LogP contribution in [0, 0.1) is 0 Å².